The predicted octanol–water partition coefficient (Wildman–Crippen LogP) is 3.05. The van der Waals surface area contributed by atoms with Crippen LogP contribution in [0, 0.1) is 0 Å². The molecule has 0 unspecified atom stereocenters. The Bertz CT molecular complexity index is 368. The van der Waals surface area contributed by atoms with Gasteiger partial charge in [0.1, 0.15) is 5.75 Å². The normalized spacial score (nSPS) is 9.69. The molecule has 0 amide bonds. The van der Waals surface area contributed by atoms with Crippen LogP contribution in [-0.2, 0) is 0 Å². The van der Waals surface area contributed by atoms with E-state index in [1.807, 2.05) is 25.1 Å². The molecule has 3 nitrogen and oxygen atoms in total. The molecule has 1 aromatic carbocycles. The van der Waals surface area contributed by atoms with Crippen LogP contribution in [0.15, 0.2) is 29.8 Å². The number of ether oxygens (including phenoxy) is 1. The number of benzene rings is 1. The Labute approximate surface area is 97.3 Å². The standard InChI is InChI=1S/C13H20N2O/c1-4-16-13-9-11(5-6-12(13)14)15-8-7-10(2)3/h5-7,9,15H,4,8,14H2,1-3H3. The largest absolute Gasteiger partial charge is 0.492 e. The number of allylic oxidation sites excluding steroid dienone is 1. The van der Waals surface area contributed by atoms with E-state index in [9.17, 15) is 0 Å². The van der Waals surface area contributed by atoms with Gasteiger partial charge in [-0.1, -0.05) is 11.6 Å². The van der Waals surface area contributed by atoms with Crippen molar-refractivity contribution >= 4 is 11.4 Å². The van der Waals surface area contributed by atoms with E-state index in [-0.39, 0.29) is 0 Å². The summed E-state index contributed by atoms with van der Waals surface area (Å²) in [4.78, 5) is 0. The van der Waals surface area contributed by atoms with Crippen molar-refractivity contribution in [2.24, 2.45) is 0 Å². The molecular formula is C13H20N2O. The van der Waals surface area contributed by atoms with Gasteiger partial charge in [-0.25, -0.2) is 0 Å². The van der Waals surface area contributed by atoms with E-state index in [1.54, 1.807) is 0 Å². The van der Waals surface area contributed by atoms with Crippen LogP contribution in [0.25, 0.3) is 0 Å². The van der Waals surface area contributed by atoms with Crippen LogP contribution >= 0.6 is 0 Å². The maximum atomic E-state index is 5.79. The first-order valence-corrected chi connectivity index (χ1v) is 5.53. The molecule has 0 aliphatic rings. The molecule has 3 heteroatoms. The third-order valence-corrected chi connectivity index (χ3v) is 2.13. The second-order valence-corrected chi connectivity index (χ2v) is 3.85. The Kier molecular flexibility index (Phi) is 4.70. The Balaban J connectivity index is 2.67. The summed E-state index contributed by atoms with van der Waals surface area (Å²) in [5.41, 5.74) is 8.79. The maximum absolute atomic E-state index is 5.79. The van der Waals surface area contributed by atoms with Crippen molar-refractivity contribution in [1.82, 2.24) is 0 Å². The zero-order chi connectivity index (χ0) is 12.0. The molecule has 16 heavy (non-hydrogen) atoms. The van der Waals surface area contributed by atoms with Gasteiger partial charge in [-0.2, -0.15) is 0 Å². The number of nitrogens with one attached hydrogen (secondary N) is 1. The first-order chi connectivity index (χ1) is 7.63. The molecule has 0 atom stereocenters. The molecule has 0 aliphatic carbocycles. The van der Waals surface area contributed by atoms with Crippen molar-refractivity contribution in [3.8, 4) is 5.75 Å². The molecule has 0 fully saturated rings. The number of rotatable bonds is 5. The highest BCUT2D eigenvalue weighted by molar-refractivity contribution is 5.61. The van der Waals surface area contributed by atoms with E-state index < -0.39 is 0 Å². The van der Waals surface area contributed by atoms with E-state index in [0.29, 0.717) is 12.3 Å². The lowest BCUT2D eigenvalue weighted by Gasteiger charge is -2.10. The smallest absolute Gasteiger partial charge is 0.144 e. The first-order valence-electron chi connectivity index (χ1n) is 5.53. The molecular weight excluding hydrogens is 200 g/mol. The van der Waals surface area contributed by atoms with Gasteiger partial charge in [0.15, 0.2) is 0 Å². The zero-order valence-corrected chi connectivity index (χ0v) is 10.2. The lowest BCUT2D eigenvalue weighted by atomic mass is 10.2. The number of anilines is 2. The van der Waals surface area contributed by atoms with Gasteiger partial charge in [0.2, 0.25) is 0 Å². The first kappa shape index (κ1) is 12.4. The molecule has 0 saturated carbocycles. The van der Waals surface area contributed by atoms with Crippen LogP contribution in [0.2, 0.25) is 0 Å². The average molecular weight is 220 g/mol. The van der Waals surface area contributed by atoms with Crippen LogP contribution < -0.4 is 15.8 Å². The fraction of sp³-hybridized carbons (Fsp3) is 0.385. The van der Waals surface area contributed by atoms with Crippen molar-refractivity contribution in [2.45, 2.75) is 20.8 Å². The minimum Gasteiger partial charge on any atom is -0.492 e. The van der Waals surface area contributed by atoms with Gasteiger partial charge < -0.3 is 15.8 Å². The van der Waals surface area contributed by atoms with Gasteiger partial charge in [0.05, 0.1) is 12.3 Å². The fourth-order valence-corrected chi connectivity index (χ4v) is 1.30. The monoisotopic (exact) mass is 220 g/mol. The molecule has 88 valence electrons. The molecule has 0 radical (unpaired) electrons. The third-order valence-electron chi connectivity index (χ3n) is 2.13. The van der Waals surface area contributed by atoms with Gasteiger partial charge in [0.25, 0.3) is 0 Å². The summed E-state index contributed by atoms with van der Waals surface area (Å²) in [6.07, 6.45) is 2.14. The highest BCUT2D eigenvalue weighted by atomic mass is 16.5. The summed E-state index contributed by atoms with van der Waals surface area (Å²) in [5, 5.41) is 3.29. The molecule has 3 N–H and O–H groups in total. The third kappa shape index (κ3) is 3.85. The number of nitrogen functional groups attached to an aromatic ring is 1. The van der Waals surface area contributed by atoms with Crippen LogP contribution in [0.4, 0.5) is 11.4 Å². The second kappa shape index (κ2) is 6.05. The Morgan fingerprint density at radius 1 is 1.44 bits per heavy atom. The molecule has 0 saturated heterocycles. The van der Waals surface area contributed by atoms with Gasteiger partial charge in [-0.3, -0.25) is 0 Å². The SMILES string of the molecule is CCOc1cc(NCC=C(C)C)ccc1N. The minimum atomic E-state index is 0.627. The molecule has 0 heterocycles. The quantitative estimate of drug-likeness (QED) is 0.592. The van der Waals surface area contributed by atoms with E-state index in [4.69, 9.17) is 10.5 Å². The predicted molar refractivity (Wildman–Crippen MR) is 69.9 cm³/mol. The lowest BCUT2D eigenvalue weighted by Crippen LogP contribution is -2.01. The van der Waals surface area contributed by atoms with Crippen LogP contribution in [0.1, 0.15) is 20.8 Å². The summed E-state index contributed by atoms with van der Waals surface area (Å²) in [7, 11) is 0. The van der Waals surface area contributed by atoms with E-state index in [0.717, 1.165) is 18.0 Å². The highest BCUT2D eigenvalue weighted by Crippen LogP contribution is 2.25. The summed E-state index contributed by atoms with van der Waals surface area (Å²) in [6.45, 7) is 7.55. The Morgan fingerprint density at radius 3 is 2.81 bits per heavy atom. The van der Waals surface area contributed by atoms with Gasteiger partial charge in [-0.15, -0.1) is 0 Å². The van der Waals surface area contributed by atoms with Crippen molar-refractivity contribution < 1.29 is 4.74 Å². The molecule has 1 rings (SSSR count). The van der Waals surface area contributed by atoms with Crippen LogP contribution in [0.5, 0.6) is 5.75 Å². The van der Waals surface area contributed by atoms with Gasteiger partial charge >= 0.3 is 0 Å². The minimum absolute atomic E-state index is 0.627. The number of nitrogens with two attached hydrogens (primary N) is 1. The summed E-state index contributed by atoms with van der Waals surface area (Å²) in [6, 6.07) is 5.74. The maximum Gasteiger partial charge on any atom is 0.144 e. The highest BCUT2D eigenvalue weighted by Gasteiger charge is 2.00. The number of hydrogen-bond donors (Lipinski definition) is 2. The van der Waals surface area contributed by atoms with Crippen LogP contribution in [0.3, 0.4) is 0 Å². The van der Waals surface area contributed by atoms with Crippen molar-refractivity contribution in [1.29, 1.82) is 0 Å². The molecule has 0 aromatic heterocycles. The topological polar surface area (TPSA) is 47.3 Å². The summed E-state index contributed by atoms with van der Waals surface area (Å²) >= 11 is 0. The fourth-order valence-electron chi connectivity index (χ4n) is 1.30. The molecule has 0 spiro atoms. The summed E-state index contributed by atoms with van der Waals surface area (Å²) < 4.78 is 5.42. The van der Waals surface area contributed by atoms with Crippen molar-refractivity contribution in [3.05, 3.63) is 29.8 Å². The Morgan fingerprint density at radius 2 is 2.19 bits per heavy atom. The lowest BCUT2D eigenvalue weighted by molar-refractivity contribution is 0.342. The van der Waals surface area contributed by atoms with E-state index in [1.165, 1.54) is 5.57 Å². The molecule has 0 aliphatic heterocycles. The molecule has 1 aromatic rings. The second-order valence-electron chi connectivity index (χ2n) is 3.85. The zero-order valence-electron chi connectivity index (χ0n) is 10.2. The number of hydrogen-bond acceptors (Lipinski definition) is 3. The van der Waals surface area contributed by atoms with E-state index >= 15 is 0 Å². The van der Waals surface area contributed by atoms with Crippen molar-refractivity contribution in [3.63, 3.8) is 0 Å². The average Bonchev–Trinajstić information content (AvgIpc) is 2.22. The van der Waals surface area contributed by atoms with Crippen molar-refractivity contribution in [2.75, 3.05) is 24.2 Å². The Hall–Kier alpha value is -1.64. The van der Waals surface area contributed by atoms with Gasteiger partial charge in [-0.05, 0) is 32.9 Å². The van der Waals surface area contributed by atoms with E-state index in [2.05, 4.69) is 25.2 Å². The van der Waals surface area contributed by atoms with Crippen LogP contribution in [-0.4, -0.2) is 13.2 Å². The molecule has 0 bridgehead atoms. The summed E-state index contributed by atoms with van der Waals surface area (Å²) in [5.74, 6) is 0.740. The van der Waals surface area contributed by atoms with Gasteiger partial charge in [0, 0.05) is 18.3 Å².